The highest BCUT2D eigenvalue weighted by Gasteiger charge is 2.52. The molecule has 3 nitrogen and oxygen atoms in total. The molecular weight excluding hydrogens is 396 g/mol. The lowest BCUT2D eigenvalue weighted by Crippen LogP contribution is -2.48. The Labute approximate surface area is 191 Å². The van der Waals surface area contributed by atoms with Crippen molar-refractivity contribution in [2.24, 2.45) is 17.8 Å². The lowest BCUT2D eigenvalue weighted by molar-refractivity contribution is -0.131. The second-order valence-electron chi connectivity index (χ2n) is 10.6. The monoisotopic (exact) mass is 430 g/mol. The quantitative estimate of drug-likeness (QED) is 0.375. The van der Waals surface area contributed by atoms with Crippen molar-refractivity contribution in [1.29, 1.82) is 0 Å². The summed E-state index contributed by atoms with van der Waals surface area (Å²) in [6, 6.07) is 11.2. The summed E-state index contributed by atoms with van der Waals surface area (Å²) in [4.78, 5) is 10.9. The third kappa shape index (κ3) is 4.10. The molecule has 0 saturated heterocycles. The highest BCUT2D eigenvalue weighted by atomic mass is 16.5. The SMILES string of the molecule is CCCOc1cc2ccc(C=CC(C)=CC(=O)O)cc2cc1C12CC3CC(CC(C3)C1)C2. The van der Waals surface area contributed by atoms with Crippen LogP contribution in [0.4, 0.5) is 0 Å². The van der Waals surface area contributed by atoms with E-state index >= 15 is 0 Å². The van der Waals surface area contributed by atoms with Gasteiger partial charge < -0.3 is 9.84 Å². The predicted octanol–water partition coefficient (Wildman–Crippen LogP) is 7.14. The number of rotatable bonds is 7. The standard InChI is InChI=1S/C29H34O3/c1-3-8-32-27-15-24-7-6-20(5-4-19(2)9-28(30)31)13-25(24)14-26(27)29-16-21-10-22(17-29)12-23(11-21)18-29/h4-7,9,13-15,21-23H,3,8,10-12,16-18H2,1-2H3,(H,30,31). The molecule has 0 aliphatic heterocycles. The van der Waals surface area contributed by atoms with Gasteiger partial charge in [0.1, 0.15) is 5.75 Å². The topological polar surface area (TPSA) is 46.5 Å². The average molecular weight is 431 g/mol. The Hall–Kier alpha value is -2.55. The molecule has 4 fully saturated rings. The van der Waals surface area contributed by atoms with Crippen LogP contribution >= 0.6 is 0 Å². The van der Waals surface area contributed by atoms with Crippen LogP contribution in [0, 0.1) is 17.8 Å². The van der Waals surface area contributed by atoms with Crippen LogP contribution in [0.3, 0.4) is 0 Å². The fourth-order valence-corrected chi connectivity index (χ4v) is 7.06. The molecular formula is C29H34O3. The third-order valence-electron chi connectivity index (χ3n) is 7.92. The first-order valence-electron chi connectivity index (χ1n) is 12.2. The maximum Gasteiger partial charge on any atom is 0.328 e. The first-order chi connectivity index (χ1) is 15.4. The van der Waals surface area contributed by atoms with Gasteiger partial charge in [0.15, 0.2) is 0 Å². The number of hydrogen-bond acceptors (Lipinski definition) is 2. The van der Waals surface area contributed by atoms with Crippen molar-refractivity contribution in [2.45, 2.75) is 64.2 Å². The molecule has 1 N–H and O–H groups in total. The number of fused-ring (bicyclic) bond motifs is 1. The first kappa shape index (κ1) is 21.3. The van der Waals surface area contributed by atoms with Crippen LogP contribution in [0.2, 0.25) is 0 Å². The molecule has 3 heteroatoms. The van der Waals surface area contributed by atoms with Gasteiger partial charge in [-0.3, -0.25) is 0 Å². The number of aliphatic carboxylic acids is 1. The van der Waals surface area contributed by atoms with Crippen LogP contribution in [0.25, 0.3) is 16.8 Å². The second kappa shape index (κ2) is 8.42. The zero-order valence-corrected chi connectivity index (χ0v) is 19.3. The zero-order valence-electron chi connectivity index (χ0n) is 19.3. The lowest BCUT2D eigenvalue weighted by atomic mass is 9.48. The number of carboxylic acids is 1. The van der Waals surface area contributed by atoms with Crippen molar-refractivity contribution in [3.05, 3.63) is 59.2 Å². The summed E-state index contributed by atoms with van der Waals surface area (Å²) in [5.41, 5.74) is 3.56. The molecule has 2 aromatic rings. The molecule has 4 saturated carbocycles. The van der Waals surface area contributed by atoms with Crippen LogP contribution < -0.4 is 4.74 Å². The van der Waals surface area contributed by atoms with Crippen LogP contribution in [0.1, 0.15) is 69.9 Å². The molecule has 32 heavy (non-hydrogen) atoms. The van der Waals surface area contributed by atoms with E-state index in [1.807, 2.05) is 19.1 Å². The number of allylic oxidation sites excluding steroid dienone is 2. The molecule has 6 rings (SSSR count). The molecule has 0 atom stereocenters. The third-order valence-corrected chi connectivity index (χ3v) is 7.92. The summed E-state index contributed by atoms with van der Waals surface area (Å²) >= 11 is 0. The Morgan fingerprint density at radius 1 is 1.06 bits per heavy atom. The number of carboxylic acid groups (broad SMARTS) is 1. The van der Waals surface area contributed by atoms with Gasteiger partial charge in [-0.15, -0.1) is 0 Å². The number of ether oxygens (including phenoxy) is 1. The van der Waals surface area contributed by atoms with E-state index in [2.05, 4.69) is 37.3 Å². The summed E-state index contributed by atoms with van der Waals surface area (Å²) in [6.45, 7) is 4.75. The summed E-state index contributed by atoms with van der Waals surface area (Å²) in [5.74, 6) is 2.88. The largest absolute Gasteiger partial charge is 0.493 e. The summed E-state index contributed by atoms with van der Waals surface area (Å²) < 4.78 is 6.35. The Bertz CT molecular complexity index is 1060. The van der Waals surface area contributed by atoms with Gasteiger partial charge >= 0.3 is 5.97 Å². The summed E-state index contributed by atoms with van der Waals surface area (Å²) in [6.07, 6.45) is 14.4. The highest BCUT2D eigenvalue weighted by molar-refractivity contribution is 5.88. The minimum atomic E-state index is -0.912. The normalized spacial score (nSPS) is 29.2. The van der Waals surface area contributed by atoms with Crippen molar-refractivity contribution >= 4 is 22.8 Å². The number of benzene rings is 2. The Kier molecular flexibility index (Phi) is 5.61. The first-order valence-corrected chi connectivity index (χ1v) is 12.2. The van der Waals surface area contributed by atoms with Gasteiger partial charge in [-0.25, -0.2) is 4.79 Å². The molecule has 0 amide bonds. The van der Waals surface area contributed by atoms with Gasteiger partial charge in [-0.05, 0) is 115 Å². The molecule has 4 aliphatic rings. The molecule has 4 aliphatic carbocycles. The molecule has 0 aromatic heterocycles. The lowest BCUT2D eigenvalue weighted by Gasteiger charge is -2.57. The van der Waals surface area contributed by atoms with E-state index in [0.717, 1.165) is 47.7 Å². The Morgan fingerprint density at radius 2 is 1.75 bits per heavy atom. The van der Waals surface area contributed by atoms with Crippen molar-refractivity contribution in [2.75, 3.05) is 6.61 Å². The minimum absolute atomic E-state index is 0.290. The molecule has 2 aromatic carbocycles. The van der Waals surface area contributed by atoms with E-state index in [1.54, 1.807) is 0 Å². The van der Waals surface area contributed by atoms with E-state index < -0.39 is 5.97 Å². The predicted molar refractivity (Wildman–Crippen MR) is 130 cm³/mol. The van der Waals surface area contributed by atoms with E-state index in [4.69, 9.17) is 9.84 Å². The van der Waals surface area contributed by atoms with Crippen LogP contribution in [-0.2, 0) is 10.2 Å². The van der Waals surface area contributed by atoms with Crippen LogP contribution in [0.15, 0.2) is 48.1 Å². The van der Waals surface area contributed by atoms with Gasteiger partial charge in [0.05, 0.1) is 6.61 Å². The van der Waals surface area contributed by atoms with Gasteiger partial charge in [-0.2, -0.15) is 0 Å². The van der Waals surface area contributed by atoms with E-state index in [0.29, 0.717) is 5.41 Å². The van der Waals surface area contributed by atoms with Gasteiger partial charge in [0, 0.05) is 11.6 Å². The smallest absolute Gasteiger partial charge is 0.328 e. The molecule has 168 valence electrons. The fraction of sp³-hybridized carbons (Fsp3) is 0.483. The average Bonchev–Trinajstić information content (AvgIpc) is 2.74. The van der Waals surface area contributed by atoms with Crippen LogP contribution in [-0.4, -0.2) is 17.7 Å². The van der Waals surface area contributed by atoms with E-state index in [-0.39, 0.29) is 0 Å². The Balaban J connectivity index is 1.55. The van der Waals surface area contributed by atoms with Gasteiger partial charge in [0.2, 0.25) is 0 Å². The van der Waals surface area contributed by atoms with Crippen molar-refractivity contribution in [3.63, 3.8) is 0 Å². The zero-order chi connectivity index (χ0) is 22.3. The van der Waals surface area contributed by atoms with Crippen molar-refractivity contribution in [1.82, 2.24) is 0 Å². The van der Waals surface area contributed by atoms with E-state index in [1.165, 1.54) is 60.9 Å². The maximum absolute atomic E-state index is 10.9. The van der Waals surface area contributed by atoms with Crippen LogP contribution in [0.5, 0.6) is 5.75 Å². The highest BCUT2D eigenvalue weighted by Crippen LogP contribution is 2.62. The Morgan fingerprint density at radius 3 is 2.38 bits per heavy atom. The summed E-state index contributed by atoms with van der Waals surface area (Å²) in [7, 11) is 0. The van der Waals surface area contributed by atoms with Crippen molar-refractivity contribution < 1.29 is 14.6 Å². The van der Waals surface area contributed by atoms with E-state index in [9.17, 15) is 4.79 Å². The minimum Gasteiger partial charge on any atom is -0.493 e. The van der Waals surface area contributed by atoms with Gasteiger partial charge in [0.25, 0.3) is 0 Å². The maximum atomic E-state index is 10.9. The number of hydrogen-bond donors (Lipinski definition) is 1. The molecule has 4 bridgehead atoms. The molecule has 0 radical (unpaired) electrons. The molecule has 0 spiro atoms. The van der Waals surface area contributed by atoms with Gasteiger partial charge in [-0.1, -0.05) is 31.2 Å². The summed E-state index contributed by atoms with van der Waals surface area (Å²) in [5, 5.41) is 11.4. The molecule has 0 unspecified atom stereocenters. The van der Waals surface area contributed by atoms with Crippen molar-refractivity contribution in [3.8, 4) is 5.75 Å². The number of carbonyl (C=O) groups is 1. The molecule has 0 heterocycles. The fourth-order valence-electron chi connectivity index (χ4n) is 7.06. The second-order valence-corrected chi connectivity index (χ2v) is 10.6.